The van der Waals surface area contributed by atoms with Crippen LogP contribution in [0.5, 0.6) is 0 Å². The monoisotopic (exact) mass is 321 g/mol. The number of hydrogen-bond donors (Lipinski definition) is 2. The van der Waals surface area contributed by atoms with E-state index in [4.69, 9.17) is 16.7 Å². The van der Waals surface area contributed by atoms with Crippen molar-refractivity contribution in [3.05, 3.63) is 58.6 Å². The van der Waals surface area contributed by atoms with E-state index in [1.54, 1.807) is 6.07 Å². The highest BCUT2D eigenvalue weighted by Gasteiger charge is 2.05. The van der Waals surface area contributed by atoms with Crippen molar-refractivity contribution in [3.8, 4) is 0 Å². The molecule has 2 aromatic rings. The fourth-order valence-corrected chi connectivity index (χ4v) is 2.59. The summed E-state index contributed by atoms with van der Waals surface area (Å²) >= 11 is 7.47. The van der Waals surface area contributed by atoms with Gasteiger partial charge in [0.25, 0.3) is 0 Å². The molecule has 2 aromatic carbocycles. The molecule has 0 bridgehead atoms. The van der Waals surface area contributed by atoms with Crippen LogP contribution in [-0.2, 0) is 11.4 Å². The number of aliphatic hydroxyl groups is 1. The summed E-state index contributed by atoms with van der Waals surface area (Å²) < 4.78 is 0. The maximum atomic E-state index is 11.9. The van der Waals surface area contributed by atoms with Gasteiger partial charge in [0.15, 0.2) is 0 Å². The number of anilines is 1. The van der Waals surface area contributed by atoms with Crippen LogP contribution < -0.4 is 5.32 Å². The summed E-state index contributed by atoms with van der Waals surface area (Å²) in [6.07, 6.45) is 0. The number of thioether (sulfide) groups is 1. The van der Waals surface area contributed by atoms with Crippen LogP contribution >= 0.6 is 23.4 Å². The van der Waals surface area contributed by atoms with E-state index in [1.807, 2.05) is 43.3 Å². The average Bonchev–Trinajstić information content (AvgIpc) is 2.49. The predicted octanol–water partition coefficient (Wildman–Crippen LogP) is 3.87. The molecule has 2 rings (SSSR count). The number of hydrogen-bond acceptors (Lipinski definition) is 3. The molecule has 0 spiro atoms. The maximum Gasteiger partial charge on any atom is 0.234 e. The second-order valence-electron chi connectivity index (χ2n) is 4.60. The Balaban J connectivity index is 1.87. The minimum Gasteiger partial charge on any atom is -0.392 e. The van der Waals surface area contributed by atoms with E-state index in [2.05, 4.69) is 5.32 Å². The number of rotatable bonds is 5. The van der Waals surface area contributed by atoms with Crippen LogP contribution in [0.25, 0.3) is 0 Å². The minimum atomic E-state index is -0.0776. The van der Waals surface area contributed by atoms with Crippen molar-refractivity contribution in [2.24, 2.45) is 0 Å². The summed E-state index contributed by atoms with van der Waals surface area (Å²) in [6.45, 7) is 1.94. The number of nitrogens with one attached hydrogen (secondary N) is 1. The number of carbonyl (C=O) groups is 1. The van der Waals surface area contributed by atoms with Crippen LogP contribution in [0, 0.1) is 6.92 Å². The fourth-order valence-electron chi connectivity index (χ4n) is 1.71. The Bertz CT molecular complexity index is 629. The molecule has 0 fully saturated rings. The first-order valence-electron chi connectivity index (χ1n) is 6.47. The highest BCUT2D eigenvalue weighted by Crippen LogP contribution is 2.21. The van der Waals surface area contributed by atoms with Crippen LogP contribution in [0.15, 0.2) is 47.4 Å². The predicted molar refractivity (Wildman–Crippen MR) is 87.9 cm³/mol. The molecule has 21 heavy (non-hydrogen) atoms. The van der Waals surface area contributed by atoms with Gasteiger partial charge in [0, 0.05) is 15.6 Å². The van der Waals surface area contributed by atoms with Gasteiger partial charge in [-0.25, -0.2) is 0 Å². The summed E-state index contributed by atoms with van der Waals surface area (Å²) in [6, 6.07) is 12.9. The molecule has 0 saturated carbocycles. The van der Waals surface area contributed by atoms with E-state index in [9.17, 15) is 4.79 Å². The molecule has 0 radical (unpaired) electrons. The topological polar surface area (TPSA) is 49.3 Å². The van der Waals surface area contributed by atoms with Crippen molar-refractivity contribution in [2.75, 3.05) is 11.1 Å². The van der Waals surface area contributed by atoms with Crippen LogP contribution in [-0.4, -0.2) is 16.8 Å². The molecule has 0 unspecified atom stereocenters. The molecule has 0 atom stereocenters. The molecule has 0 saturated heterocycles. The van der Waals surface area contributed by atoms with Crippen molar-refractivity contribution in [3.63, 3.8) is 0 Å². The van der Waals surface area contributed by atoms with E-state index in [0.717, 1.165) is 16.0 Å². The maximum absolute atomic E-state index is 11.9. The molecule has 3 nitrogen and oxygen atoms in total. The summed E-state index contributed by atoms with van der Waals surface area (Å²) in [5.41, 5.74) is 2.54. The van der Waals surface area contributed by atoms with E-state index in [0.29, 0.717) is 16.5 Å². The molecule has 5 heteroatoms. The zero-order valence-electron chi connectivity index (χ0n) is 11.6. The van der Waals surface area contributed by atoms with Gasteiger partial charge in [0.2, 0.25) is 5.91 Å². The number of halogens is 1. The quantitative estimate of drug-likeness (QED) is 0.822. The molecule has 1 amide bonds. The summed E-state index contributed by atoms with van der Waals surface area (Å²) in [4.78, 5) is 12.9. The molecular formula is C16H16ClNO2S. The Labute approximate surface area is 133 Å². The third-order valence-corrected chi connectivity index (χ3v) is 4.35. The van der Waals surface area contributed by atoms with Gasteiger partial charge in [0.1, 0.15) is 0 Å². The van der Waals surface area contributed by atoms with Gasteiger partial charge in [-0.15, -0.1) is 11.8 Å². The van der Waals surface area contributed by atoms with Crippen LogP contribution in [0.2, 0.25) is 5.02 Å². The van der Waals surface area contributed by atoms with E-state index in [1.165, 1.54) is 11.8 Å². The van der Waals surface area contributed by atoms with Gasteiger partial charge in [-0.2, -0.15) is 0 Å². The van der Waals surface area contributed by atoms with Crippen LogP contribution in [0.4, 0.5) is 5.69 Å². The Morgan fingerprint density at radius 2 is 1.95 bits per heavy atom. The number of aliphatic hydroxyl groups excluding tert-OH is 1. The van der Waals surface area contributed by atoms with Gasteiger partial charge >= 0.3 is 0 Å². The normalized spacial score (nSPS) is 10.4. The number of carbonyl (C=O) groups excluding carboxylic acids is 1. The van der Waals surface area contributed by atoms with Crippen molar-refractivity contribution in [2.45, 2.75) is 18.4 Å². The highest BCUT2D eigenvalue weighted by molar-refractivity contribution is 8.00. The lowest BCUT2D eigenvalue weighted by molar-refractivity contribution is -0.113. The van der Waals surface area contributed by atoms with Crippen molar-refractivity contribution in [1.82, 2.24) is 0 Å². The zero-order chi connectivity index (χ0) is 15.2. The van der Waals surface area contributed by atoms with Gasteiger partial charge in [-0.3, -0.25) is 4.79 Å². The van der Waals surface area contributed by atoms with E-state index >= 15 is 0 Å². The van der Waals surface area contributed by atoms with E-state index in [-0.39, 0.29) is 12.5 Å². The van der Waals surface area contributed by atoms with E-state index < -0.39 is 0 Å². The molecular weight excluding hydrogens is 306 g/mol. The first-order valence-corrected chi connectivity index (χ1v) is 7.83. The second-order valence-corrected chi connectivity index (χ2v) is 6.06. The molecule has 0 aliphatic rings. The molecule has 0 aliphatic heterocycles. The number of aryl methyl sites for hydroxylation is 1. The number of benzene rings is 2. The summed E-state index contributed by atoms with van der Waals surface area (Å²) in [5, 5.41) is 12.4. The third kappa shape index (κ3) is 4.77. The largest absolute Gasteiger partial charge is 0.392 e. The van der Waals surface area contributed by atoms with Crippen LogP contribution in [0.1, 0.15) is 11.1 Å². The van der Waals surface area contributed by atoms with Crippen LogP contribution in [0.3, 0.4) is 0 Å². The van der Waals surface area contributed by atoms with Crippen molar-refractivity contribution in [1.29, 1.82) is 0 Å². The molecule has 2 N–H and O–H groups in total. The summed E-state index contributed by atoms with van der Waals surface area (Å²) in [5.74, 6) is 0.246. The van der Waals surface area contributed by atoms with Gasteiger partial charge < -0.3 is 10.4 Å². The smallest absolute Gasteiger partial charge is 0.234 e. The SMILES string of the molecule is Cc1ccc(NC(=O)CSc2ccc(CO)cc2)cc1Cl. The molecule has 110 valence electrons. The van der Waals surface area contributed by atoms with Gasteiger partial charge in [-0.1, -0.05) is 29.8 Å². The van der Waals surface area contributed by atoms with Crippen molar-refractivity contribution < 1.29 is 9.90 Å². The zero-order valence-corrected chi connectivity index (χ0v) is 13.2. The second kappa shape index (κ2) is 7.50. The first-order chi connectivity index (χ1) is 10.1. The lowest BCUT2D eigenvalue weighted by Gasteiger charge is -2.07. The Hall–Kier alpha value is -1.49. The lowest BCUT2D eigenvalue weighted by Crippen LogP contribution is -2.13. The number of amides is 1. The van der Waals surface area contributed by atoms with Crippen molar-refractivity contribution >= 4 is 35.0 Å². The third-order valence-electron chi connectivity index (χ3n) is 2.93. The Kier molecular flexibility index (Phi) is 5.67. The summed E-state index contributed by atoms with van der Waals surface area (Å²) in [7, 11) is 0. The fraction of sp³-hybridized carbons (Fsp3) is 0.188. The standard InChI is InChI=1S/C16H16ClNO2S/c1-11-2-5-13(8-15(11)17)18-16(20)10-21-14-6-3-12(9-19)4-7-14/h2-8,19H,9-10H2,1H3,(H,18,20). The minimum absolute atomic E-state index is 0.0274. The molecule has 0 heterocycles. The highest BCUT2D eigenvalue weighted by atomic mass is 35.5. The Morgan fingerprint density at radius 1 is 1.24 bits per heavy atom. The first kappa shape index (κ1) is 15.9. The molecule has 0 aliphatic carbocycles. The average molecular weight is 322 g/mol. The molecule has 0 aromatic heterocycles. The Morgan fingerprint density at radius 3 is 2.57 bits per heavy atom. The van der Waals surface area contributed by atoms with Gasteiger partial charge in [-0.05, 0) is 42.3 Å². The lowest BCUT2D eigenvalue weighted by atomic mass is 10.2. The van der Waals surface area contributed by atoms with Gasteiger partial charge in [0.05, 0.1) is 12.4 Å².